The maximum atomic E-state index is 11.5. The van der Waals surface area contributed by atoms with E-state index in [2.05, 4.69) is 24.1 Å². The molecule has 0 saturated carbocycles. The van der Waals surface area contributed by atoms with Crippen molar-refractivity contribution >= 4 is 0 Å². The fourth-order valence-electron chi connectivity index (χ4n) is 3.34. The molecular weight excluding hydrogens is 212 g/mol. The number of nitrogens with one attached hydrogen (secondary N) is 1. The summed E-state index contributed by atoms with van der Waals surface area (Å²) < 4.78 is 0. The Morgan fingerprint density at radius 2 is 2.29 bits per heavy atom. The van der Waals surface area contributed by atoms with E-state index in [1.807, 2.05) is 0 Å². The number of nitrogens with zero attached hydrogens (tertiary/aromatic N) is 1. The molecular formula is C14H14N2O. The zero-order valence-electron chi connectivity index (χ0n) is 9.79. The standard InChI is InChI=1S/C14H14N2O/c1-8-2-9-4-10(3-8)14-11(7-15)6-13(17)16-12(14)5-9/h2,6,9-10H,3-5H2,1H3,(H,16,17)/t9-,10+/m0/s1. The Hall–Kier alpha value is -1.82. The topological polar surface area (TPSA) is 56.6 Å². The van der Waals surface area contributed by atoms with Crippen molar-refractivity contribution in [3.05, 3.63) is 44.9 Å². The zero-order valence-corrected chi connectivity index (χ0v) is 9.79. The van der Waals surface area contributed by atoms with Crippen LogP contribution in [0.15, 0.2) is 22.5 Å². The Bertz CT molecular complexity index is 604. The minimum absolute atomic E-state index is 0.152. The average Bonchev–Trinajstić information content (AvgIpc) is 2.26. The highest BCUT2D eigenvalue weighted by Gasteiger charge is 2.32. The molecule has 0 fully saturated rings. The number of pyridine rings is 1. The van der Waals surface area contributed by atoms with Crippen LogP contribution in [0, 0.1) is 17.2 Å². The summed E-state index contributed by atoms with van der Waals surface area (Å²) in [4.78, 5) is 14.4. The normalized spacial score (nSPS) is 25.8. The Kier molecular flexibility index (Phi) is 2.19. The van der Waals surface area contributed by atoms with Gasteiger partial charge < -0.3 is 4.98 Å². The summed E-state index contributed by atoms with van der Waals surface area (Å²) in [5, 5.41) is 9.16. The Labute approximate surface area is 99.8 Å². The molecule has 3 heteroatoms. The summed E-state index contributed by atoms with van der Waals surface area (Å²) in [6.45, 7) is 2.15. The van der Waals surface area contributed by atoms with Gasteiger partial charge in [-0.05, 0) is 43.6 Å². The molecule has 2 atom stereocenters. The molecule has 0 amide bonds. The van der Waals surface area contributed by atoms with E-state index in [9.17, 15) is 4.79 Å². The molecule has 2 aliphatic rings. The van der Waals surface area contributed by atoms with E-state index in [4.69, 9.17) is 5.26 Å². The molecule has 3 rings (SSSR count). The molecule has 0 aromatic carbocycles. The molecule has 0 aliphatic heterocycles. The lowest BCUT2D eigenvalue weighted by atomic mass is 9.71. The predicted octanol–water partition coefficient (Wildman–Crippen LogP) is 2.24. The SMILES string of the molecule is CC1=C[C@@H]2Cc3[nH]c(=O)cc(C#N)c3[C@H](C1)C2. The summed E-state index contributed by atoms with van der Waals surface area (Å²) in [6, 6.07) is 3.61. The van der Waals surface area contributed by atoms with Gasteiger partial charge in [-0.1, -0.05) is 11.6 Å². The molecule has 1 heterocycles. The molecule has 2 aliphatic carbocycles. The highest BCUT2D eigenvalue weighted by atomic mass is 16.1. The van der Waals surface area contributed by atoms with Crippen molar-refractivity contribution in [3.63, 3.8) is 0 Å². The lowest BCUT2D eigenvalue weighted by Gasteiger charge is -2.34. The number of allylic oxidation sites excluding steroid dienone is 2. The van der Waals surface area contributed by atoms with Crippen LogP contribution in [-0.4, -0.2) is 4.98 Å². The van der Waals surface area contributed by atoms with Crippen LogP contribution in [0.3, 0.4) is 0 Å². The van der Waals surface area contributed by atoms with Gasteiger partial charge in [-0.3, -0.25) is 4.79 Å². The van der Waals surface area contributed by atoms with E-state index in [0.29, 0.717) is 17.4 Å². The van der Waals surface area contributed by atoms with Crippen LogP contribution in [-0.2, 0) is 6.42 Å². The summed E-state index contributed by atoms with van der Waals surface area (Å²) in [5.74, 6) is 0.950. The molecule has 17 heavy (non-hydrogen) atoms. The lowest BCUT2D eigenvalue weighted by Crippen LogP contribution is -2.26. The third kappa shape index (κ3) is 1.61. The second-order valence-electron chi connectivity index (χ2n) is 5.17. The van der Waals surface area contributed by atoms with Crippen molar-refractivity contribution in [1.82, 2.24) is 4.98 Å². The number of aromatic nitrogens is 1. The average molecular weight is 226 g/mol. The van der Waals surface area contributed by atoms with Crippen LogP contribution >= 0.6 is 0 Å². The first-order chi connectivity index (χ1) is 8.17. The Morgan fingerprint density at radius 3 is 3.06 bits per heavy atom. The van der Waals surface area contributed by atoms with E-state index < -0.39 is 0 Å². The van der Waals surface area contributed by atoms with Crippen LogP contribution in [0.5, 0.6) is 0 Å². The predicted molar refractivity (Wildman–Crippen MR) is 64.7 cm³/mol. The van der Waals surface area contributed by atoms with E-state index in [-0.39, 0.29) is 5.56 Å². The van der Waals surface area contributed by atoms with Gasteiger partial charge in [-0.15, -0.1) is 0 Å². The van der Waals surface area contributed by atoms with Gasteiger partial charge >= 0.3 is 0 Å². The molecule has 86 valence electrons. The second kappa shape index (κ2) is 3.59. The van der Waals surface area contributed by atoms with Crippen molar-refractivity contribution in [2.45, 2.75) is 32.1 Å². The second-order valence-corrected chi connectivity index (χ2v) is 5.17. The van der Waals surface area contributed by atoms with Crippen molar-refractivity contribution in [2.75, 3.05) is 0 Å². The number of hydrogen-bond donors (Lipinski definition) is 1. The van der Waals surface area contributed by atoms with E-state index in [1.54, 1.807) is 0 Å². The zero-order chi connectivity index (χ0) is 12.0. The van der Waals surface area contributed by atoms with Crippen LogP contribution in [0.25, 0.3) is 0 Å². The summed E-state index contributed by atoms with van der Waals surface area (Å²) in [7, 11) is 0. The van der Waals surface area contributed by atoms with Crippen LogP contribution in [0.2, 0.25) is 0 Å². The van der Waals surface area contributed by atoms with Crippen LogP contribution < -0.4 is 5.56 Å². The van der Waals surface area contributed by atoms with Gasteiger partial charge in [0.25, 0.3) is 0 Å². The maximum absolute atomic E-state index is 11.5. The summed E-state index contributed by atoms with van der Waals surface area (Å²) >= 11 is 0. The van der Waals surface area contributed by atoms with Crippen LogP contribution in [0.4, 0.5) is 0 Å². The van der Waals surface area contributed by atoms with Crippen molar-refractivity contribution < 1.29 is 0 Å². The van der Waals surface area contributed by atoms with Crippen molar-refractivity contribution in [3.8, 4) is 6.07 Å². The van der Waals surface area contributed by atoms with Gasteiger partial charge in [-0.2, -0.15) is 5.26 Å². The van der Waals surface area contributed by atoms with Crippen molar-refractivity contribution in [1.29, 1.82) is 5.26 Å². The molecule has 0 unspecified atom stereocenters. The molecule has 1 N–H and O–H groups in total. The molecule has 1 aromatic heterocycles. The van der Waals surface area contributed by atoms with Crippen LogP contribution in [0.1, 0.15) is 42.5 Å². The van der Waals surface area contributed by atoms with E-state index >= 15 is 0 Å². The van der Waals surface area contributed by atoms with E-state index in [1.165, 1.54) is 11.6 Å². The quantitative estimate of drug-likeness (QED) is 0.690. The van der Waals surface area contributed by atoms with Crippen molar-refractivity contribution in [2.24, 2.45) is 5.92 Å². The molecule has 1 aromatic rings. The van der Waals surface area contributed by atoms with E-state index in [0.717, 1.165) is 30.5 Å². The Balaban J connectivity index is 2.20. The fraction of sp³-hybridized carbons (Fsp3) is 0.429. The third-order valence-corrected chi connectivity index (χ3v) is 3.84. The molecule has 2 bridgehead atoms. The minimum atomic E-state index is -0.152. The number of H-pyrrole nitrogens is 1. The fourth-order valence-corrected chi connectivity index (χ4v) is 3.34. The number of fused-ring (bicyclic) bond motifs is 4. The molecule has 0 saturated heterocycles. The number of nitriles is 1. The van der Waals surface area contributed by atoms with Gasteiger partial charge in [0, 0.05) is 11.8 Å². The van der Waals surface area contributed by atoms with Gasteiger partial charge in [0.05, 0.1) is 11.6 Å². The number of aromatic amines is 1. The number of hydrogen-bond acceptors (Lipinski definition) is 2. The third-order valence-electron chi connectivity index (χ3n) is 3.84. The number of rotatable bonds is 0. The highest BCUT2D eigenvalue weighted by Crippen LogP contribution is 2.43. The first-order valence-electron chi connectivity index (χ1n) is 6.01. The minimum Gasteiger partial charge on any atom is -0.326 e. The monoisotopic (exact) mass is 226 g/mol. The lowest BCUT2D eigenvalue weighted by molar-refractivity contribution is 0.430. The molecule has 0 spiro atoms. The molecule has 0 radical (unpaired) electrons. The summed E-state index contributed by atoms with van der Waals surface area (Å²) in [6.07, 6.45) is 5.32. The first kappa shape index (κ1) is 10.3. The Morgan fingerprint density at radius 1 is 1.47 bits per heavy atom. The maximum Gasteiger partial charge on any atom is 0.249 e. The summed E-state index contributed by atoms with van der Waals surface area (Å²) in [5.41, 5.74) is 3.91. The largest absolute Gasteiger partial charge is 0.326 e. The first-order valence-corrected chi connectivity index (χ1v) is 6.01. The smallest absolute Gasteiger partial charge is 0.249 e. The van der Waals surface area contributed by atoms with Gasteiger partial charge in [0.15, 0.2) is 0 Å². The molecule has 3 nitrogen and oxygen atoms in total. The highest BCUT2D eigenvalue weighted by molar-refractivity contribution is 5.45. The van der Waals surface area contributed by atoms with Gasteiger partial charge in [-0.25, -0.2) is 0 Å². The van der Waals surface area contributed by atoms with Gasteiger partial charge in [0.2, 0.25) is 5.56 Å². The van der Waals surface area contributed by atoms with Gasteiger partial charge in [0.1, 0.15) is 0 Å².